The Morgan fingerprint density at radius 2 is 2.33 bits per heavy atom. The lowest BCUT2D eigenvalue weighted by Crippen LogP contribution is -2.40. The molecule has 0 bridgehead atoms. The van der Waals surface area contributed by atoms with E-state index in [1.807, 2.05) is 11.9 Å². The third-order valence-corrected chi connectivity index (χ3v) is 4.13. The molecule has 0 radical (unpaired) electrons. The third kappa shape index (κ3) is 4.59. The van der Waals surface area contributed by atoms with Crippen molar-refractivity contribution in [3.8, 4) is 0 Å². The molecule has 1 fully saturated rings. The molecule has 1 aromatic carbocycles. The molecule has 0 spiro atoms. The quantitative estimate of drug-likeness (QED) is 0.815. The number of benzene rings is 1. The number of hydrogen-bond acceptors (Lipinski definition) is 4. The van der Waals surface area contributed by atoms with Crippen molar-refractivity contribution in [2.24, 2.45) is 0 Å². The highest BCUT2D eigenvalue weighted by Crippen LogP contribution is 2.22. The highest BCUT2D eigenvalue weighted by molar-refractivity contribution is 6.31. The number of likely N-dealkylation sites (N-methyl/N-ethyl adjacent to an activating group) is 2. The lowest BCUT2D eigenvalue weighted by molar-refractivity contribution is -0.117. The van der Waals surface area contributed by atoms with Gasteiger partial charge in [0, 0.05) is 17.6 Å². The Morgan fingerprint density at radius 1 is 1.57 bits per heavy atom. The molecular weight excluding hydrogens is 288 g/mol. The molecule has 1 atom stereocenters. The van der Waals surface area contributed by atoms with Crippen LogP contribution in [0.3, 0.4) is 0 Å². The molecule has 1 unspecified atom stereocenters. The van der Waals surface area contributed by atoms with Crippen LogP contribution in [0.15, 0.2) is 18.2 Å². The van der Waals surface area contributed by atoms with E-state index >= 15 is 0 Å². The fourth-order valence-electron chi connectivity index (χ4n) is 2.72. The smallest absolute Gasteiger partial charge is 0.238 e. The highest BCUT2D eigenvalue weighted by atomic mass is 35.5. The molecule has 0 aliphatic carbocycles. The maximum Gasteiger partial charge on any atom is 0.238 e. The van der Waals surface area contributed by atoms with Gasteiger partial charge in [0.05, 0.1) is 17.9 Å². The first-order valence-corrected chi connectivity index (χ1v) is 7.57. The van der Waals surface area contributed by atoms with Crippen LogP contribution in [0.1, 0.15) is 12.8 Å². The Balaban J connectivity index is 1.83. The van der Waals surface area contributed by atoms with Crippen molar-refractivity contribution in [2.75, 3.05) is 44.8 Å². The number of rotatable bonds is 5. The van der Waals surface area contributed by atoms with Gasteiger partial charge in [0.2, 0.25) is 5.91 Å². The summed E-state index contributed by atoms with van der Waals surface area (Å²) in [5, 5.41) is 3.39. The number of nitrogen functional groups attached to an aromatic ring is 1. The predicted molar refractivity (Wildman–Crippen MR) is 87.6 cm³/mol. The molecule has 1 aromatic rings. The van der Waals surface area contributed by atoms with Gasteiger partial charge in [-0.15, -0.1) is 0 Å². The standard InChI is InChI=1S/C15H23ClN4O/c1-19(9-12-4-3-7-20(12)2)10-15(21)18-14-6-5-11(16)8-13(14)17/h5-6,8,12H,3-4,7,9-10,17H2,1-2H3,(H,18,21). The summed E-state index contributed by atoms with van der Waals surface area (Å²) in [5.74, 6) is -0.0628. The van der Waals surface area contributed by atoms with E-state index in [1.54, 1.807) is 18.2 Å². The number of nitrogens with zero attached hydrogens (tertiary/aromatic N) is 2. The molecule has 6 heteroatoms. The van der Waals surface area contributed by atoms with Gasteiger partial charge in [-0.25, -0.2) is 0 Å². The highest BCUT2D eigenvalue weighted by Gasteiger charge is 2.22. The second-order valence-corrected chi connectivity index (χ2v) is 6.19. The average molecular weight is 311 g/mol. The normalized spacial score (nSPS) is 19.1. The summed E-state index contributed by atoms with van der Waals surface area (Å²) in [7, 11) is 4.11. The maximum atomic E-state index is 12.1. The minimum atomic E-state index is -0.0628. The molecule has 1 saturated heterocycles. The average Bonchev–Trinajstić information content (AvgIpc) is 2.78. The van der Waals surface area contributed by atoms with Crippen molar-refractivity contribution in [1.29, 1.82) is 0 Å². The van der Waals surface area contributed by atoms with E-state index in [1.165, 1.54) is 12.8 Å². The number of hydrogen-bond donors (Lipinski definition) is 2. The van der Waals surface area contributed by atoms with Crippen molar-refractivity contribution in [1.82, 2.24) is 9.80 Å². The summed E-state index contributed by atoms with van der Waals surface area (Å²) in [4.78, 5) is 16.5. The van der Waals surface area contributed by atoms with Crippen molar-refractivity contribution in [3.05, 3.63) is 23.2 Å². The fourth-order valence-corrected chi connectivity index (χ4v) is 2.90. The molecule has 3 N–H and O–H groups in total. The minimum absolute atomic E-state index is 0.0628. The van der Waals surface area contributed by atoms with Crippen LogP contribution >= 0.6 is 11.6 Å². The Hall–Kier alpha value is -1.30. The van der Waals surface area contributed by atoms with Crippen LogP contribution in [-0.4, -0.2) is 55.5 Å². The number of anilines is 2. The Kier molecular flexibility index (Phi) is 5.45. The van der Waals surface area contributed by atoms with Crippen LogP contribution in [0, 0.1) is 0 Å². The number of halogens is 1. The van der Waals surface area contributed by atoms with Crippen molar-refractivity contribution < 1.29 is 4.79 Å². The van der Waals surface area contributed by atoms with E-state index in [4.69, 9.17) is 17.3 Å². The first-order chi connectivity index (χ1) is 9.95. The summed E-state index contributed by atoms with van der Waals surface area (Å²) in [6, 6.07) is 5.61. The summed E-state index contributed by atoms with van der Waals surface area (Å²) in [5.41, 5.74) is 6.92. The summed E-state index contributed by atoms with van der Waals surface area (Å²) in [6.45, 7) is 2.40. The Labute approximate surface area is 131 Å². The number of carbonyl (C=O) groups excluding carboxylic acids is 1. The zero-order valence-corrected chi connectivity index (χ0v) is 13.4. The molecular formula is C15H23ClN4O. The molecule has 0 saturated carbocycles. The van der Waals surface area contributed by atoms with Crippen molar-refractivity contribution in [2.45, 2.75) is 18.9 Å². The Morgan fingerprint density at radius 3 is 2.95 bits per heavy atom. The van der Waals surface area contributed by atoms with Crippen LogP contribution in [0.25, 0.3) is 0 Å². The van der Waals surface area contributed by atoms with Gasteiger partial charge in [-0.2, -0.15) is 0 Å². The second-order valence-electron chi connectivity index (χ2n) is 5.75. The van der Waals surface area contributed by atoms with Gasteiger partial charge < -0.3 is 16.0 Å². The van der Waals surface area contributed by atoms with E-state index in [0.717, 1.165) is 13.1 Å². The zero-order chi connectivity index (χ0) is 15.4. The molecule has 0 aromatic heterocycles. The van der Waals surface area contributed by atoms with Gasteiger partial charge in [0.25, 0.3) is 0 Å². The monoisotopic (exact) mass is 310 g/mol. The van der Waals surface area contributed by atoms with Crippen molar-refractivity contribution in [3.63, 3.8) is 0 Å². The number of nitrogens with two attached hydrogens (primary N) is 1. The van der Waals surface area contributed by atoms with E-state index < -0.39 is 0 Å². The van der Waals surface area contributed by atoms with Crippen LogP contribution in [-0.2, 0) is 4.79 Å². The lowest BCUT2D eigenvalue weighted by atomic mass is 10.2. The molecule has 1 aliphatic rings. The fraction of sp³-hybridized carbons (Fsp3) is 0.533. The van der Waals surface area contributed by atoms with E-state index in [2.05, 4.69) is 17.3 Å². The third-order valence-electron chi connectivity index (χ3n) is 3.90. The van der Waals surface area contributed by atoms with Gasteiger partial charge >= 0.3 is 0 Å². The maximum absolute atomic E-state index is 12.1. The number of carbonyl (C=O) groups is 1. The molecule has 116 valence electrons. The molecule has 1 aliphatic heterocycles. The van der Waals surface area contributed by atoms with Crippen LogP contribution in [0.5, 0.6) is 0 Å². The zero-order valence-electron chi connectivity index (χ0n) is 12.6. The van der Waals surface area contributed by atoms with E-state index in [9.17, 15) is 4.79 Å². The van der Waals surface area contributed by atoms with Gasteiger partial charge in [-0.3, -0.25) is 9.69 Å². The van der Waals surface area contributed by atoms with E-state index in [-0.39, 0.29) is 5.91 Å². The molecule has 2 rings (SSSR count). The molecule has 21 heavy (non-hydrogen) atoms. The van der Waals surface area contributed by atoms with Crippen molar-refractivity contribution >= 4 is 28.9 Å². The molecule has 1 heterocycles. The van der Waals surface area contributed by atoms with Gasteiger partial charge in [-0.1, -0.05) is 11.6 Å². The second kappa shape index (κ2) is 7.11. The topological polar surface area (TPSA) is 61.6 Å². The number of amides is 1. The first kappa shape index (κ1) is 16.1. The summed E-state index contributed by atoms with van der Waals surface area (Å²) >= 11 is 5.84. The van der Waals surface area contributed by atoms with Crippen LogP contribution in [0.4, 0.5) is 11.4 Å². The van der Waals surface area contributed by atoms with Crippen LogP contribution in [0.2, 0.25) is 5.02 Å². The first-order valence-electron chi connectivity index (χ1n) is 7.19. The molecule has 1 amide bonds. The predicted octanol–water partition coefficient (Wildman–Crippen LogP) is 1.89. The largest absolute Gasteiger partial charge is 0.397 e. The molecule has 5 nitrogen and oxygen atoms in total. The Bertz CT molecular complexity index is 508. The van der Waals surface area contributed by atoms with Crippen LogP contribution < -0.4 is 11.1 Å². The SMILES string of the molecule is CN(CC(=O)Nc1ccc(Cl)cc1N)CC1CCCN1C. The summed E-state index contributed by atoms with van der Waals surface area (Å²) < 4.78 is 0. The van der Waals surface area contributed by atoms with Gasteiger partial charge in [0.1, 0.15) is 0 Å². The summed E-state index contributed by atoms with van der Waals surface area (Å²) in [6.07, 6.45) is 2.44. The number of likely N-dealkylation sites (tertiary alicyclic amines) is 1. The lowest BCUT2D eigenvalue weighted by Gasteiger charge is -2.25. The minimum Gasteiger partial charge on any atom is -0.397 e. The van der Waals surface area contributed by atoms with Gasteiger partial charge in [0.15, 0.2) is 0 Å². The van der Waals surface area contributed by atoms with Gasteiger partial charge in [-0.05, 0) is 51.7 Å². The van der Waals surface area contributed by atoms with E-state index in [0.29, 0.717) is 29.0 Å². The number of nitrogens with one attached hydrogen (secondary N) is 1.